The first-order valence-corrected chi connectivity index (χ1v) is 9.31. The molecule has 0 aliphatic carbocycles. The fourth-order valence-electron chi connectivity index (χ4n) is 3.48. The second-order valence-corrected chi connectivity index (χ2v) is 6.92. The van der Waals surface area contributed by atoms with E-state index >= 15 is 0 Å². The van der Waals surface area contributed by atoms with Crippen LogP contribution in [0.5, 0.6) is 0 Å². The lowest BCUT2D eigenvalue weighted by molar-refractivity contribution is -0.128. The maximum Gasteiger partial charge on any atom is 0.272 e. The van der Waals surface area contributed by atoms with Crippen molar-refractivity contribution in [3.8, 4) is 0 Å². The molecule has 3 aromatic rings. The molecule has 1 aliphatic heterocycles. The van der Waals surface area contributed by atoms with E-state index < -0.39 is 0 Å². The second-order valence-electron chi connectivity index (χ2n) is 6.92. The second kappa shape index (κ2) is 7.88. The van der Waals surface area contributed by atoms with Crippen molar-refractivity contribution in [1.82, 2.24) is 19.5 Å². The Morgan fingerprint density at radius 1 is 1.31 bits per heavy atom. The van der Waals surface area contributed by atoms with Crippen molar-refractivity contribution >= 4 is 23.1 Å². The lowest BCUT2D eigenvalue weighted by atomic mass is 10.0. The summed E-state index contributed by atoms with van der Waals surface area (Å²) in [4.78, 5) is 43.7. The van der Waals surface area contributed by atoms with Gasteiger partial charge in [-0.3, -0.25) is 19.5 Å². The summed E-state index contributed by atoms with van der Waals surface area (Å²) in [6.45, 7) is 1.43. The highest BCUT2D eigenvalue weighted by Gasteiger charge is 2.32. The van der Waals surface area contributed by atoms with Gasteiger partial charge >= 0.3 is 0 Å². The van der Waals surface area contributed by atoms with Crippen LogP contribution in [-0.2, 0) is 9.53 Å². The fourth-order valence-corrected chi connectivity index (χ4v) is 3.48. The first-order valence-electron chi connectivity index (χ1n) is 9.31. The fraction of sp³-hybridized carbons (Fsp3) is 0.300. The van der Waals surface area contributed by atoms with E-state index in [1.807, 2.05) is 18.2 Å². The molecule has 2 amide bonds. The minimum atomic E-state index is -0.372. The number of amides is 2. The zero-order valence-corrected chi connectivity index (χ0v) is 15.9. The number of para-hydroxylation sites is 1. The van der Waals surface area contributed by atoms with Crippen LogP contribution in [0.4, 0.5) is 5.69 Å². The third-order valence-corrected chi connectivity index (χ3v) is 4.99. The molecule has 9 heteroatoms. The van der Waals surface area contributed by atoms with Gasteiger partial charge in [0, 0.05) is 50.5 Å². The van der Waals surface area contributed by atoms with Crippen molar-refractivity contribution in [2.75, 3.05) is 32.1 Å². The Hall–Kier alpha value is -3.46. The molecule has 0 radical (unpaired) electrons. The maximum atomic E-state index is 12.7. The predicted molar refractivity (Wildman–Crippen MR) is 106 cm³/mol. The summed E-state index contributed by atoms with van der Waals surface area (Å²) in [5.74, 6) is -0.564. The monoisotopic (exact) mass is 395 g/mol. The highest BCUT2D eigenvalue weighted by molar-refractivity contribution is 6.08. The molecular formula is C20H21N5O4. The number of aromatic nitrogens is 3. The first-order chi connectivity index (χ1) is 14.1. The Morgan fingerprint density at radius 2 is 2.10 bits per heavy atom. The molecule has 4 rings (SSSR count). The molecule has 1 aliphatic rings. The van der Waals surface area contributed by atoms with Crippen molar-refractivity contribution in [3.05, 3.63) is 64.2 Å². The number of rotatable bonds is 6. The molecule has 2 aromatic heterocycles. The third kappa shape index (κ3) is 3.77. The number of likely N-dealkylation sites (tertiary alicyclic amines) is 1. The number of ether oxygens (including phenoxy) is 1. The van der Waals surface area contributed by atoms with Crippen LogP contribution in [0.3, 0.4) is 0 Å². The van der Waals surface area contributed by atoms with E-state index in [4.69, 9.17) is 4.74 Å². The SMILES string of the molecule is COCCN1CC(c2cc(=O)n3[nH]cc(C(=O)Nc4ccccc4)c3n2)CC1=O. The van der Waals surface area contributed by atoms with Gasteiger partial charge in [0.05, 0.1) is 12.3 Å². The molecule has 1 unspecified atom stereocenters. The number of methoxy groups -OCH3 is 1. The summed E-state index contributed by atoms with van der Waals surface area (Å²) >= 11 is 0. The van der Waals surface area contributed by atoms with Gasteiger partial charge in [-0.15, -0.1) is 0 Å². The molecule has 150 valence electrons. The van der Waals surface area contributed by atoms with Gasteiger partial charge in [-0.1, -0.05) is 18.2 Å². The van der Waals surface area contributed by atoms with Gasteiger partial charge in [0.15, 0.2) is 5.65 Å². The number of hydrogen-bond donors (Lipinski definition) is 2. The van der Waals surface area contributed by atoms with Crippen LogP contribution in [0.15, 0.2) is 47.4 Å². The zero-order valence-electron chi connectivity index (χ0n) is 15.9. The van der Waals surface area contributed by atoms with Crippen LogP contribution < -0.4 is 10.9 Å². The maximum absolute atomic E-state index is 12.7. The number of anilines is 1. The number of H-pyrrole nitrogens is 1. The summed E-state index contributed by atoms with van der Waals surface area (Å²) in [5.41, 5.74) is 1.32. The van der Waals surface area contributed by atoms with Crippen LogP contribution in [0.2, 0.25) is 0 Å². The molecule has 9 nitrogen and oxygen atoms in total. The Balaban J connectivity index is 1.63. The summed E-state index contributed by atoms with van der Waals surface area (Å²) in [6, 6.07) is 10.5. The summed E-state index contributed by atoms with van der Waals surface area (Å²) < 4.78 is 6.26. The number of carbonyl (C=O) groups excluding carboxylic acids is 2. The number of hydrogen-bond acceptors (Lipinski definition) is 5. The van der Waals surface area contributed by atoms with Crippen LogP contribution in [0, 0.1) is 0 Å². The lowest BCUT2D eigenvalue weighted by Crippen LogP contribution is -2.28. The van der Waals surface area contributed by atoms with E-state index in [1.165, 1.54) is 16.8 Å². The normalized spacial score (nSPS) is 16.5. The van der Waals surface area contributed by atoms with Gasteiger partial charge in [0.2, 0.25) is 5.91 Å². The molecule has 29 heavy (non-hydrogen) atoms. The van der Waals surface area contributed by atoms with Crippen molar-refractivity contribution in [2.45, 2.75) is 12.3 Å². The highest BCUT2D eigenvalue weighted by Crippen LogP contribution is 2.26. The van der Waals surface area contributed by atoms with Crippen LogP contribution in [0.25, 0.3) is 5.65 Å². The average molecular weight is 395 g/mol. The largest absolute Gasteiger partial charge is 0.383 e. The minimum Gasteiger partial charge on any atom is -0.383 e. The van der Waals surface area contributed by atoms with Gasteiger partial charge in [-0.05, 0) is 12.1 Å². The summed E-state index contributed by atoms with van der Waals surface area (Å²) in [6.07, 6.45) is 1.73. The Morgan fingerprint density at radius 3 is 2.86 bits per heavy atom. The number of carbonyl (C=O) groups is 2. The topological polar surface area (TPSA) is 109 Å². The number of fused-ring (bicyclic) bond motifs is 1. The van der Waals surface area contributed by atoms with Gasteiger partial charge in [-0.25, -0.2) is 9.50 Å². The van der Waals surface area contributed by atoms with Crippen molar-refractivity contribution < 1.29 is 14.3 Å². The standard InChI is InChI=1S/C20H21N5O4/c1-29-8-7-24-12-13(9-17(24)26)16-10-18(27)25-19(23-16)15(11-21-25)20(28)22-14-5-3-2-4-6-14/h2-6,10-11,13,21H,7-9,12H2,1H3,(H,22,28). The average Bonchev–Trinajstić information content (AvgIpc) is 3.31. The molecule has 1 atom stereocenters. The molecule has 1 saturated heterocycles. The van der Waals surface area contributed by atoms with Crippen LogP contribution in [0.1, 0.15) is 28.4 Å². The number of nitrogens with zero attached hydrogens (tertiary/aromatic N) is 3. The minimum absolute atomic E-state index is 0.00478. The van der Waals surface area contributed by atoms with Gasteiger partial charge in [-0.2, -0.15) is 0 Å². The van der Waals surface area contributed by atoms with E-state index in [9.17, 15) is 14.4 Å². The predicted octanol–water partition coefficient (Wildman–Crippen LogP) is 1.24. The molecule has 0 spiro atoms. The van der Waals surface area contributed by atoms with Gasteiger partial charge in [0.25, 0.3) is 11.5 Å². The van der Waals surface area contributed by atoms with Crippen molar-refractivity contribution in [3.63, 3.8) is 0 Å². The zero-order chi connectivity index (χ0) is 20.4. The molecule has 0 saturated carbocycles. The van der Waals surface area contributed by atoms with Crippen molar-refractivity contribution in [1.29, 1.82) is 0 Å². The number of nitrogens with one attached hydrogen (secondary N) is 2. The van der Waals surface area contributed by atoms with Crippen molar-refractivity contribution in [2.24, 2.45) is 0 Å². The molecular weight excluding hydrogens is 374 g/mol. The number of benzene rings is 1. The smallest absolute Gasteiger partial charge is 0.272 e. The van der Waals surface area contributed by atoms with E-state index in [1.54, 1.807) is 24.1 Å². The lowest BCUT2D eigenvalue weighted by Gasteiger charge is -2.15. The third-order valence-electron chi connectivity index (χ3n) is 4.99. The van der Waals surface area contributed by atoms with Crippen LogP contribution >= 0.6 is 0 Å². The van der Waals surface area contributed by atoms with Crippen LogP contribution in [-0.4, -0.2) is 58.1 Å². The van der Waals surface area contributed by atoms with E-state index in [-0.39, 0.29) is 40.9 Å². The quantitative estimate of drug-likeness (QED) is 0.653. The molecule has 3 heterocycles. The molecule has 2 N–H and O–H groups in total. The molecule has 0 bridgehead atoms. The molecule has 1 aromatic carbocycles. The Bertz CT molecular complexity index is 1110. The summed E-state index contributed by atoms with van der Waals surface area (Å²) in [5, 5.41) is 5.57. The van der Waals surface area contributed by atoms with Gasteiger partial charge in [0.1, 0.15) is 5.56 Å². The first kappa shape index (κ1) is 18.9. The van der Waals surface area contributed by atoms with Gasteiger partial charge < -0.3 is 15.0 Å². The Kier molecular flexibility index (Phi) is 5.13. The number of aromatic amines is 1. The Labute approximate surface area is 166 Å². The summed E-state index contributed by atoms with van der Waals surface area (Å²) in [7, 11) is 1.59. The van der Waals surface area contributed by atoms with E-state index in [0.717, 1.165) is 0 Å². The highest BCUT2D eigenvalue weighted by atomic mass is 16.5. The van der Waals surface area contributed by atoms with E-state index in [2.05, 4.69) is 15.4 Å². The molecule has 1 fully saturated rings. The van der Waals surface area contributed by atoms with E-state index in [0.29, 0.717) is 31.1 Å².